The van der Waals surface area contributed by atoms with Crippen molar-refractivity contribution in [3.63, 3.8) is 0 Å². The SMILES string of the molecule is O=C(OC1CCCC1)c1ccccc1CSc1c(O)cc(-c2ccccc2)oc1=O. The second kappa shape index (κ2) is 9.22. The average molecular weight is 423 g/mol. The van der Waals surface area contributed by atoms with Gasteiger partial charge in [0.25, 0.3) is 0 Å². The summed E-state index contributed by atoms with van der Waals surface area (Å²) in [6.45, 7) is 0. The van der Waals surface area contributed by atoms with Crippen molar-refractivity contribution in [1.29, 1.82) is 0 Å². The summed E-state index contributed by atoms with van der Waals surface area (Å²) in [5.74, 6) is 0.164. The smallest absolute Gasteiger partial charge is 0.353 e. The number of esters is 1. The molecule has 1 heterocycles. The molecule has 0 spiro atoms. The Morgan fingerprint density at radius 2 is 1.77 bits per heavy atom. The van der Waals surface area contributed by atoms with E-state index in [9.17, 15) is 14.7 Å². The Hall–Kier alpha value is -2.99. The van der Waals surface area contributed by atoms with Crippen LogP contribution in [0, 0.1) is 0 Å². The molecule has 0 unspecified atom stereocenters. The van der Waals surface area contributed by atoms with E-state index in [-0.39, 0.29) is 22.7 Å². The van der Waals surface area contributed by atoms with Gasteiger partial charge in [0.05, 0.1) is 5.56 Å². The lowest BCUT2D eigenvalue weighted by atomic mass is 10.1. The third-order valence-electron chi connectivity index (χ3n) is 5.13. The molecule has 0 bridgehead atoms. The van der Waals surface area contributed by atoms with Gasteiger partial charge in [-0.2, -0.15) is 0 Å². The largest absolute Gasteiger partial charge is 0.506 e. The molecule has 1 N–H and O–H groups in total. The standard InChI is InChI=1S/C24H22O5S/c25-20-14-21(16-8-2-1-3-9-16)29-24(27)22(20)30-15-17-10-4-7-13-19(17)23(26)28-18-11-5-6-12-18/h1-4,7-10,13-14,18,25H,5-6,11-12,15H2. The van der Waals surface area contributed by atoms with Crippen molar-refractivity contribution in [3.8, 4) is 17.1 Å². The van der Waals surface area contributed by atoms with E-state index in [1.807, 2.05) is 30.3 Å². The molecule has 0 saturated heterocycles. The topological polar surface area (TPSA) is 76.7 Å². The first-order valence-corrected chi connectivity index (χ1v) is 10.9. The number of carbonyl (C=O) groups is 1. The molecule has 4 rings (SSSR count). The van der Waals surface area contributed by atoms with Gasteiger partial charge in [0.15, 0.2) is 0 Å². The highest BCUT2D eigenvalue weighted by Crippen LogP contribution is 2.32. The lowest BCUT2D eigenvalue weighted by Crippen LogP contribution is -2.16. The Morgan fingerprint density at radius 1 is 1.07 bits per heavy atom. The Labute approximate surface area is 178 Å². The van der Waals surface area contributed by atoms with E-state index in [1.165, 1.54) is 6.07 Å². The van der Waals surface area contributed by atoms with Crippen molar-refractivity contribution in [3.05, 3.63) is 82.2 Å². The number of hydrogen-bond donors (Lipinski definition) is 1. The van der Waals surface area contributed by atoms with Gasteiger partial charge in [-0.15, -0.1) is 11.8 Å². The van der Waals surface area contributed by atoms with Gasteiger partial charge in [-0.3, -0.25) is 0 Å². The van der Waals surface area contributed by atoms with Gasteiger partial charge in [0.1, 0.15) is 22.5 Å². The Bertz CT molecular complexity index is 1080. The zero-order chi connectivity index (χ0) is 20.9. The van der Waals surface area contributed by atoms with Gasteiger partial charge < -0.3 is 14.3 Å². The minimum Gasteiger partial charge on any atom is -0.506 e. The number of carbonyl (C=O) groups excluding carboxylic acids is 1. The van der Waals surface area contributed by atoms with Crippen LogP contribution in [0.2, 0.25) is 0 Å². The van der Waals surface area contributed by atoms with Gasteiger partial charge in [-0.1, -0.05) is 48.5 Å². The summed E-state index contributed by atoms with van der Waals surface area (Å²) in [7, 11) is 0. The number of ether oxygens (including phenoxy) is 1. The maximum Gasteiger partial charge on any atom is 0.353 e. The number of benzene rings is 2. The van der Waals surface area contributed by atoms with Crippen LogP contribution in [0.15, 0.2) is 74.8 Å². The minimum absolute atomic E-state index is 0.0140. The molecule has 1 fully saturated rings. The minimum atomic E-state index is -0.607. The second-order valence-corrected chi connectivity index (χ2v) is 8.22. The molecule has 0 aliphatic heterocycles. The van der Waals surface area contributed by atoms with Crippen molar-refractivity contribution in [2.75, 3.05) is 0 Å². The Morgan fingerprint density at radius 3 is 2.50 bits per heavy atom. The fourth-order valence-electron chi connectivity index (χ4n) is 3.56. The zero-order valence-corrected chi connectivity index (χ0v) is 17.2. The van der Waals surface area contributed by atoms with Crippen molar-refractivity contribution in [2.24, 2.45) is 0 Å². The fraction of sp³-hybridized carbons (Fsp3) is 0.250. The van der Waals surface area contributed by atoms with Crippen molar-refractivity contribution in [1.82, 2.24) is 0 Å². The first-order chi connectivity index (χ1) is 14.6. The molecule has 154 valence electrons. The van der Waals surface area contributed by atoms with Gasteiger partial charge in [-0.25, -0.2) is 9.59 Å². The molecule has 1 aliphatic rings. The molecule has 6 heteroatoms. The third kappa shape index (κ3) is 4.60. The van der Waals surface area contributed by atoms with E-state index in [0.29, 0.717) is 22.6 Å². The molecule has 0 amide bonds. The molecule has 0 radical (unpaired) electrons. The quantitative estimate of drug-likeness (QED) is 0.423. The van der Waals surface area contributed by atoms with E-state index in [0.717, 1.165) is 43.0 Å². The normalized spacial score (nSPS) is 14.0. The van der Waals surface area contributed by atoms with E-state index >= 15 is 0 Å². The lowest BCUT2D eigenvalue weighted by Gasteiger charge is -2.14. The zero-order valence-electron chi connectivity index (χ0n) is 16.4. The molecular formula is C24H22O5S. The third-order valence-corrected chi connectivity index (χ3v) is 6.25. The summed E-state index contributed by atoms with van der Waals surface area (Å²) < 4.78 is 11.0. The summed E-state index contributed by atoms with van der Waals surface area (Å²) in [5, 5.41) is 10.4. The predicted octanol–water partition coefficient (Wildman–Crippen LogP) is 5.40. The molecule has 2 aromatic carbocycles. The van der Waals surface area contributed by atoms with E-state index in [4.69, 9.17) is 9.15 Å². The molecule has 3 aromatic rings. The van der Waals surface area contributed by atoms with Crippen LogP contribution in [-0.2, 0) is 10.5 Å². The monoisotopic (exact) mass is 422 g/mol. The maximum absolute atomic E-state index is 12.6. The van der Waals surface area contributed by atoms with Crippen LogP contribution in [0.5, 0.6) is 5.75 Å². The van der Waals surface area contributed by atoms with Crippen molar-refractivity contribution >= 4 is 17.7 Å². The van der Waals surface area contributed by atoms with Crippen LogP contribution in [-0.4, -0.2) is 17.2 Å². The lowest BCUT2D eigenvalue weighted by molar-refractivity contribution is 0.0317. The predicted molar refractivity (Wildman–Crippen MR) is 116 cm³/mol. The van der Waals surface area contributed by atoms with Crippen molar-refractivity contribution in [2.45, 2.75) is 42.4 Å². The van der Waals surface area contributed by atoms with Crippen LogP contribution in [0.25, 0.3) is 11.3 Å². The Kier molecular flexibility index (Phi) is 6.23. The average Bonchev–Trinajstić information content (AvgIpc) is 3.27. The number of hydrogen-bond acceptors (Lipinski definition) is 6. The molecule has 5 nitrogen and oxygen atoms in total. The van der Waals surface area contributed by atoms with E-state index in [2.05, 4.69) is 0 Å². The van der Waals surface area contributed by atoms with E-state index < -0.39 is 5.63 Å². The highest BCUT2D eigenvalue weighted by atomic mass is 32.2. The fourth-order valence-corrected chi connectivity index (χ4v) is 4.48. The van der Waals surface area contributed by atoms with Crippen LogP contribution >= 0.6 is 11.8 Å². The maximum atomic E-state index is 12.6. The Balaban J connectivity index is 1.51. The number of thioether (sulfide) groups is 1. The summed E-state index contributed by atoms with van der Waals surface area (Å²) in [5.41, 5.74) is 1.34. The highest BCUT2D eigenvalue weighted by molar-refractivity contribution is 7.98. The number of rotatable bonds is 6. The summed E-state index contributed by atoms with van der Waals surface area (Å²) >= 11 is 1.14. The van der Waals surface area contributed by atoms with Gasteiger partial charge in [0.2, 0.25) is 0 Å². The van der Waals surface area contributed by atoms with Gasteiger partial charge in [-0.05, 0) is 37.3 Å². The summed E-state index contributed by atoms with van der Waals surface area (Å²) in [6.07, 6.45) is 3.98. The molecule has 1 saturated carbocycles. The first-order valence-electron chi connectivity index (χ1n) is 9.96. The molecule has 1 aromatic heterocycles. The first kappa shape index (κ1) is 20.3. The summed E-state index contributed by atoms with van der Waals surface area (Å²) in [6, 6.07) is 17.8. The van der Waals surface area contributed by atoms with Crippen LogP contribution in [0.1, 0.15) is 41.6 Å². The van der Waals surface area contributed by atoms with Crippen LogP contribution < -0.4 is 5.63 Å². The molecule has 30 heavy (non-hydrogen) atoms. The van der Waals surface area contributed by atoms with E-state index in [1.54, 1.807) is 24.3 Å². The van der Waals surface area contributed by atoms with Gasteiger partial charge in [0, 0.05) is 17.4 Å². The van der Waals surface area contributed by atoms with Gasteiger partial charge >= 0.3 is 11.6 Å². The van der Waals surface area contributed by atoms with Crippen LogP contribution in [0.4, 0.5) is 0 Å². The number of aromatic hydroxyl groups is 1. The van der Waals surface area contributed by atoms with Crippen molar-refractivity contribution < 1.29 is 19.1 Å². The van der Waals surface area contributed by atoms with Crippen LogP contribution in [0.3, 0.4) is 0 Å². The molecule has 1 aliphatic carbocycles. The molecule has 0 atom stereocenters. The summed E-state index contributed by atoms with van der Waals surface area (Å²) in [4.78, 5) is 25.2. The second-order valence-electron chi connectivity index (χ2n) is 7.24. The highest BCUT2D eigenvalue weighted by Gasteiger charge is 2.22. The molecular weight excluding hydrogens is 400 g/mol.